The minimum absolute atomic E-state index is 0.0936. The lowest BCUT2D eigenvalue weighted by Gasteiger charge is -2.37. The predicted octanol–water partition coefficient (Wildman–Crippen LogP) is 1.32. The van der Waals surface area contributed by atoms with Gasteiger partial charge in [-0.2, -0.15) is 15.0 Å². The lowest BCUT2D eigenvalue weighted by molar-refractivity contribution is -0.115. The van der Waals surface area contributed by atoms with E-state index in [4.69, 9.17) is 27.9 Å². The topological polar surface area (TPSA) is 207 Å². The number of nitrogens with one attached hydrogen (secondary N) is 2. The number of nitrogens with two attached hydrogens (primary N) is 4. The summed E-state index contributed by atoms with van der Waals surface area (Å²) in [6.07, 6.45) is 1.18. The van der Waals surface area contributed by atoms with Crippen LogP contribution in [0.25, 0.3) is 0 Å². The van der Waals surface area contributed by atoms with Crippen molar-refractivity contribution >= 4 is 56.8 Å². The Bertz CT molecular complexity index is 1360. The lowest BCUT2D eigenvalue weighted by Crippen LogP contribution is -2.54. The molecule has 0 bridgehead atoms. The SMILES string of the molecule is N[C@@H]1C[C@H](N)CN(c2nc(Nc3ccc(C(=O)CC(=O)Nc4cccc(Br)c4)cc3)nc(N3C[C@H](N)C[C@H](N)C3)n2)C1. The van der Waals surface area contributed by atoms with Gasteiger partial charge < -0.3 is 43.4 Å². The largest absolute Gasteiger partial charge is 0.338 e. The van der Waals surface area contributed by atoms with Gasteiger partial charge in [0.25, 0.3) is 0 Å². The second-order valence-electron chi connectivity index (χ2n) is 10.9. The number of amides is 1. The Labute approximate surface area is 252 Å². The van der Waals surface area contributed by atoms with Crippen molar-refractivity contribution in [3.8, 4) is 0 Å². The zero-order chi connectivity index (χ0) is 29.8. The molecule has 1 amide bonds. The minimum Gasteiger partial charge on any atom is -0.338 e. The van der Waals surface area contributed by atoms with E-state index in [9.17, 15) is 9.59 Å². The van der Waals surface area contributed by atoms with Crippen LogP contribution in [0.4, 0.5) is 29.2 Å². The zero-order valence-corrected chi connectivity index (χ0v) is 24.7. The van der Waals surface area contributed by atoms with Crippen LogP contribution in [0.15, 0.2) is 53.0 Å². The number of hydrogen-bond donors (Lipinski definition) is 6. The quantitative estimate of drug-likeness (QED) is 0.153. The van der Waals surface area contributed by atoms with Crippen LogP contribution < -0.4 is 43.4 Å². The maximum Gasteiger partial charge on any atom is 0.233 e. The second-order valence-corrected chi connectivity index (χ2v) is 11.9. The number of rotatable bonds is 8. The molecule has 0 radical (unpaired) electrons. The molecular formula is C28H36BrN11O2. The Kier molecular flexibility index (Phi) is 9.28. The van der Waals surface area contributed by atoms with E-state index < -0.39 is 0 Å². The number of piperidine rings is 2. The van der Waals surface area contributed by atoms with Gasteiger partial charge in [0.05, 0.1) is 6.42 Å². The third-order valence-corrected chi connectivity index (χ3v) is 7.59. The average Bonchev–Trinajstić information content (AvgIpc) is 2.92. The van der Waals surface area contributed by atoms with Gasteiger partial charge in [-0.05, 0) is 55.3 Å². The Balaban J connectivity index is 1.31. The third-order valence-electron chi connectivity index (χ3n) is 7.10. The number of carbonyl (C=O) groups excluding carboxylic acids is 2. The molecule has 5 rings (SSSR count). The highest BCUT2D eigenvalue weighted by atomic mass is 79.9. The van der Waals surface area contributed by atoms with Gasteiger partial charge in [0.15, 0.2) is 5.78 Å². The number of benzene rings is 2. The van der Waals surface area contributed by atoms with E-state index in [0.717, 1.165) is 17.3 Å². The first-order valence-corrected chi connectivity index (χ1v) is 14.6. The molecule has 2 saturated heterocycles. The van der Waals surface area contributed by atoms with Crippen LogP contribution in [-0.4, -0.2) is 77.0 Å². The first kappa shape index (κ1) is 29.8. The number of ketones is 1. The van der Waals surface area contributed by atoms with E-state index in [1.54, 1.807) is 42.5 Å². The van der Waals surface area contributed by atoms with Crippen molar-refractivity contribution in [2.24, 2.45) is 22.9 Å². The highest BCUT2D eigenvalue weighted by Crippen LogP contribution is 2.24. The summed E-state index contributed by atoms with van der Waals surface area (Å²) in [6.45, 7) is 2.28. The fourth-order valence-electron chi connectivity index (χ4n) is 5.26. The highest BCUT2D eigenvalue weighted by molar-refractivity contribution is 9.10. The Morgan fingerprint density at radius 1 is 0.786 bits per heavy atom. The van der Waals surface area contributed by atoms with Gasteiger partial charge in [0.2, 0.25) is 23.8 Å². The van der Waals surface area contributed by atoms with Crippen molar-refractivity contribution in [3.63, 3.8) is 0 Å². The molecule has 2 aliphatic heterocycles. The summed E-state index contributed by atoms with van der Waals surface area (Å²) < 4.78 is 0.832. The molecule has 2 aromatic carbocycles. The molecule has 0 unspecified atom stereocenters. The maximum absolute atomic E-state index is 12.8. The molecule has 2 fully saturated rings. The number of aromatic nitrogens is 3. The van der Waals surface area contributed by atoms with E-state index in [1.807, 2.05) is 15.9 Å². The van der Waals surface area contributed by atoms with Crippen LogP contribution in [-0.2, 0) is 4.79 Å². The second kappa shape index (κ2) is 13.1. The fraction of sp³-hybridized carbons (Fsp3) is 0.393. The molecule has 4 atom stereocenters. The van der Waals surface area contributed by atoms with E-state index in [0.29, 0.717) is 61.0 Å². The summed E-state index contributed by atoms with van der Waals surface area (Å²) in [5.74, 6) is 0.560. The molecule has 0 spiro atoms. The van der Waals surface area contributed by atoms with Gasteiger partial charge in [-0.3, -0.25) is 9.59 Å². The van der Waals surface area contributed by atoms with Crippen LogP contribution in [0, 0.1) is 0 Å². The monoisotopic (exact) mass is 637 g/mol. The van der Waals surface area contributed by atoms with Crippen LogP contribution >= 0.6 is 15.9 Å². The standard InChI is InChI=1S/C28H36BrN11O2/c29-17-2-1-3-23(8-17)34-25(42)11-24(41)16-4-6-22(7-5-16)35-26-36-27(39-12-18(30)9-19(31)13-39)38-28(37-26)40-14-20(32)10-21(33)15-40/h1-8,18-21H,9-15,30-33H2,(H,34,42)(H,35,36,37,38)/t18-,19+,20-,21+. The normalized spacial score (nSPS) is 22.5. The molecule has 0 aliphatic carbocycles. The van der Waals surface area contributed by atoms with Gasteiger partial charge in [-0.15, -0.1) is 0 Å². The van der Waals surface area contributed by atoms with E-state index in [2.05, 4.69) is 36.5 Å². The number of nitrogens with zero attached hydrogens (tertiary/aromatic N) is 5. The molecule has 13 nitrogen and oxygen atoms in total. The van der Waals surface area contributed by atoms with Crippen LogP contribution in [0.3, 0.4) is 0 Å². The van der Waals surface area contributed by atoms with Crippen molar-refractivity contribution in [1.29, 1.82) is 0 Å². The van der Waals surface area contributed by atoms with Gasteiger partial charge in [-0.1, -0.05) is 22.0 Å². The van der Waals surface area contributed by atoms with Crippen LogP contribution in [0.2, 0.25) is 0 Å². The number of hydrogen-bond acceptors (Lipinski definition) is 12. The molecule has 3 heterocycles. The summed E-state index contributed by atoms with van der Waals surface area (Å²) in [7, 11) is 0. The van der Waals surface area contributed by atoms with Gasteiger partial charge >= 0.3 is 0 Å². The molecule has 42 heavy (non-hydrogen) atoms. The number of anilines is 5. The number of carbonyl (C=O) groups is 2. The molecule has 14 heteroatoms. The zero-order valence-electron chi connectivity index (χ0n) is 23.1. The molecule has 222 valence electrons. The van der Waals surface area contributed by atoms with Crippen molar-refractivity contribution in [1.82, 2.24) is 15.0 Å². The highest BCUT2D eigenvalue weighted by Gasteiger charge is 2.29. The Morgan fingerprint density at radius 2 is 1.33 bits per heavy atom. The van der Waals surface area contributed by atoms with E-state index in [1.165, 1.54) is 0 Å². The molecule has 0 saturated carbocycles. The van der Waals surface area contributed by atoms with Gasteiger partial charge in [-0.25, -0.2) is 0 Å². The molecular weight excluding hydrogens is 602 g/mol. The average molecular weight is 639 g/mol. The first-order chi connectivity index (χ1) is 20.1. The van der Waals surface area contributed by atoms with Crippen LogP contribution in [0.5, 0.6) is 0 Å². The number of Topliss-reactive ketones (excluding diaryl/α,β-unsaturated/α-hetero) is 1. The molecule has 3 aromatic rings. The van der Waals surface area contributed by atoms with Crippen molar-refractivity contribution in [3.05, 3.63) is 58.6 Å². The molecule has 1 aromatic heterocycles. The predicted molar refractivity (Wildman–Crippen MR) is 167 cm³/mol. The Morgan fingerprint density at radius 3 is 1.86 bits per heavy atom. The molecule has 2 aliphatic rings. The fourth-order valence-corrected chi connectivity index (χ4v) is 5.66. The first-order valence-electron chi connectivity index (χ1n) is 13.9. The summed E-state index contributed by atoms with van der Waals surface area (Å²) >= 11 is 3.37. The molecule has 10 N–H and O–H groups in total. The maximum atomic E-state index is 12.8. The summed E-state index contributed by atoms with van der Waals surface area (Å²) in [5.41, 5.74) is 26.6. The Hall–Kier alpha value is -3.69. The lowest BCUT2D eigenvalue weighted by atomic mass is 10.0. The summed E-state index contributed by atoms with van der Waals surface area (Å²) in [4.78, 5) is 43.2. The summed E-state index contributed by atoms with van der Waals surface area (Å²) in [5, 5.41) is 5.96. The smallest absolute Gasteiger partial charge is 0.233 e. The van der Waals surface area contributed by atoms with Crippen molar-refractivity contribution in [2.75, 3.05) is 46.6 Å². The van der Waals surface area contributed by atoms with Crippen molar-refractivity contribution in [2.45, 2.75) is 43.4 Å². The van der Waals surface area contributed by atoms with Gasteiger partial charge in [0, 0.05) is 71.8 Å². The van der Waals surface area contributed by atoms with E-state index >= 15 is 0 Å². The third kappa shape index (κ3) is 7.77. The van der Waals surface area contributed by atoms with Crippen LogP contribution in [0.1, 0.15) is 29.6 Å². The van der Waals surface area contributed by atoms with E-state index in [-0.39, 0.29) is 42.3 Å². The number of halogens is 1. The minimum atomic E-state index is -0.389. The van der Waals surface area contributed by atoms with Gasteiger partial charge in [0.1, 0.15) is 0 Å². The summed E-state index contributed by atoms with van der Waals surface area (Å²) in [6, 6.07) is 13.6. The van der Waals surface area contributed by atoms with Crippen molar-refractivity contribution < 1.29 is 9.59 Å².